The van der Waals surface area contributed by atoms with Crippen molar-refractivity contribution in [2.45, 2.75) is 50.0 Å². The van der Waals surface area contributed by atoms with E-state index in [1.54, 1.807) is 5.56 Å². The van der Waals surface area contributed by atoms with Gasteiger partial charge in [-0.15, -0.1) is 0 Å². The highest BCUT2D eigenvalue weighted by molar-refractivity contribution is 5.31. The van der Waals surface area contributed by atoms with E-state index in [-0.39, 0.29) is 0 Å². The van der Waals surface area contributed by atoms with Crippen LogP contribution in [-0.4, -0.2) is 13.1 Å². The van der Waals surface area contributed by atoms with Gasteiger partial charge in [-0.3, -0.25) is 0 Å². The number of hydrogen-bond acceptors (Lipinski definition) is 1. The zero-order chi connectivity index (χ0) is 11.7. The van der Waals surface area contributed by atoms with E-state index < -0.39 is 0 Å². The monoisotopic (exact) mass is 229 g/mol. The van der Waals surface area contributed by atoms with E-state index in [0.29, 0.717) is 11.5 Å². The molecule has 0 spiro atoms. The molecule has 0 saturated heterocycles. The third kappa shape index (κ3) is 1.72. The van der Waals surface area contributed by atoms with E-state index in [9.17, 15) is 0 Å². The lowest BCUT2D eigenvalue weighted by atomic mass is 9.55. The number of likely N-dealkylation sites (N-methyl/N-ethyl adjacent to an activating group) is 1. The molecule has 2 aliphatic rings. The molecule has 0 aromatic heterocycles. The summed E-state index contributed by atoms with van der Waals surface area (Å²) >= 11 is 0. The minimum absolute atomic E-state index is 0.446. The summed E-state index contributed by atoms with van der Waals surface area (Å²) in [6, 6.07) is 11.9. The van der Waals surface area contributed by atoms with Crippen LogP contribution < -0.4 is 5.32 Å². The Morgan fingerprint density at radius 2 is 1.82 bits per heavy atom. The fraction of sp³-hybridized carbons (Fsp3) is 0.625. The fourth-order valence-corrected chi connectivity index (χ4v) is 3.84. The molecule has 0 radical (unpaired) electrons. The Morgan fingerprint density at radius 3 is 2.24 bits per heavy atom. The van der Waals surface area contributed by atoms with Crippen molar-refractivity contribution in [1.82, 2.24) is 5.32 Å². The zero-order valence-corrected chi connectivity index (χ0v) is 10.8. The lowest BCUT2D eigenvalue weighted by Crippen LogP contribution is -2.56. The summed E-state index contributed by atoms with van der Waals surface area (Å²) in [5.74, 6) is 0.917. The normalized spacial score (nSPS) is 24.8. The Bertz CT molecular complexity index is 362. The minimum Gasteiger partial charge on any atom is -0.316 e. The van der Waals surface area contributed by atoms with E-state index in [0.717, 1.165) is 5.92 Å². The molecule has 1 aromatic carbocycles. The Morgan fingerprint density at radius 1 is 1.12 bits per heavy atom. The Kier molecular flexibility index (Phi) is 2.96. The lowest BCUT2D eigenvalue weighted by Gasteiger charge is -2.53. The van der Waals surface area contributed by atoms with Crippen molar-refractivity contribution in [2.24, 2.45) is 5.92 Å². The van der Waals surface area contributed by atoms with Gasteiger partial charge in [-0.05, 0) is 44.2 Å². The molecule has 2 fully saturated rings. The molecule has 0 heterocycles. The molecule has 3 rings (SSSR count). The van der Waals surface area contributed by atoms with Crippen LogP contribution in [0.5, 0.6) is 0 Å². The van der Waals surface area contributed by atoms with E-state index in [2.05, 4.69) is 42.7 Å². The average molecular weight is 229 g/mol. The van der Waals surface area contributed by atoms with Crippen LogP contribution in [-0.2, 0) is 5.41 Å². The third-order valence-corrected chi connectivity index (χ3v) is 5.12. The molecule has 2 aliphatic carbocycles. The van der Waals surface area contributed by atoms with Crippen molar-refractivity contribution in [3.05, 3.63) is 35.9 Å². The highest BCUT2D eigenvalue weighted by Gasteiger charge is 2.48. The maximum absolute atomic E-state index is 3.65. The van der Waals surface area contributed by atoms with E-state index in [1.807, 2.05) is 0 Å². The number of rotatable bonds is 4. The van der Waals surface area contributed by atoms with Crippen molar-refractivity contribution in [3.63, 3.8) is 0 Å². The first-order chi connectivity index (χ1) is 8.37. The SMILES string of the molecule is CNC(C1CCC1)C1(c2ccccc2)CCC1. The first-order valence-electron chi connectivity index (χ1n) is 7.09. The average Bonchev–Trinajstić information content (AvgIpc) is 2.25. The molecular formula is C16H23N. The molecule has 1 heteroatoms. The van der Waals surface area contributed by atoms with Gasteiger partial charge in [-0.1, -0.05) is 43.2 Å². The van der Waals surface area contributed by atoms with Gasteiger partial charge in [0.05, 0.1) is 0 Å². The standard InChI is InChI=1S/C16H23N/c1-17-15(13-7-5-8-13)16(11-6-12-16)14-9-3-2-4-10-14/h2-4,9-10,13,15,17H,5-8,11-12H2,1H3. The molecule has 17 heavy (non-hydrogen) atoms. The molecular weight excluding hydrogens is 206 g/mol. The maximum atomic E-state index is 3.65. The number of hydrogen-bond donors (Lipinski definition) is 1. The smallest absolute Gasteiger partial charge is 0.0189 e. The first-order valence-corrected chi connectivity index (χ1v) is 7.09. The van der Waals surface area contributed by atoms with Crippen molar-refractivity contribution < 1.29 is 0 Å². The van der Waals surface area contributed by atoms with Gasteiger partial charge >= 0.3 is 0 Å². The van der Waals surface area contributed by atoms with Gasteiger partial charge in [0, 0.05) is 11.5 Å². The summed E-state index contributed by atoms with van der Waals surface area (Å²) < 4.78 is 0. The second-order valence-corrected chi connectivity index (χ2v) is 5.83. The second-order valence-electron chi connectivity index (χ2n) is 5.83. The minimum atomic E-state index is 0.446. The molecule has 0 bridgehead atoms. The van der Waals surface area contributed by atoms with Crippen LogP contribution >= 0.6 is 0 Å². The topological polar surface area (TPSA) is 12.0 Å². The molecule has 1 aromatic rings. The van der Waals surface area contributed by atoms with Gasteiger partial charge in [0.25, 0.3) is 0 Å². The molecule has 1 nitrogen and oxygen atoms in total. The zero-order valence-electron chi connectivity index (χ0n) is 10.8. The lowest BCUT2D eigenvalue weighted by molar-refractivity contribution is 0.0921. The van der Waals surface area contributed by atoms with Gasteiger partial charge in [0.2, 0.25) is 0 Å². The maximum Gasteiger partial charge on any atom is 0.0189 e. The Balaban J connectivity index is 1.90. The predicted molar refractivity (Wildman–Crippen MR) is 72.2 cm³/mol. The molecule has 0 aliphatic heterocycles. The van der Waals surface area contributed by atoms with Crippen LogP contribution in [0.15, 0.2) is 30.3 Å². The summed E-state index contributed by atoms with van der Waals surface area (Å²) in [7, 11) is 2.16. The van der Waals surface area contributed by atoms with E-state index in [4.69, 9.17) is 0 Å². The second kappa shape index (κ2) is 4.45. The Hall–Kier alpha value is -0.820. The highest BCUT2D eigenvalue weighted by Crippen LogP contribution is 2.51. The molecule has 92 valence electrons. The number of benzene rings is 1. The van der Waals surface area contributed by atoms with Crippen LogP contribution in [0.1, 0.15) is 44.1 Å². The van der Waals surface area contributed by atoms with Gasteiger partial charge in [-0.25, -0.2) is 0 Å². The van der Waals surface area contributed by atoms with Crippen LogP contribution in [0.3, 0.4) is 0 Å². The summed E-state index contributed by atoms with van der Waals surface area (Å²) in [5.41, 5.74) is 2.01. The first kappa shape index (κ1) is 11.3. The van der Waals surface area contributed by atoms with Crippen molar-refractivity contribution in [3.8, 4) is 0 Å². The van der Waals surface area contributed by atoms with Crippen LogP contribution in [0.25, 0.3) is 0 Å². The van der Waals surface area contributed by atoms with Crippen molar-refractivity contribution in [1.29, 1.82) is 0 Å². The predicted octanol–water partition coefficient (Wildman–Crippen LogP) is 3.50. The van der Waals surface area contributed by atoms with Gasteiger partial charge < -0.3 is 5.32 Å². The fourth-order valence-electron chi connectivity index (χ4n) is 3.84. The molecule has 1 atom stereocenters. The van der Waals surface area contributed by atoms with Crippen LogP contribution in [0.2, 0.25) is 0 Å². The van der Waals surface area contributed by atoms with Crippen LogP contribution in [0.4, 0.5) is 0 Å². The summed E-state index contributed by atoms with van der Waals surface area (Å²) in [6.07, 6.45) is 8.45. The van der Waals surface area contributed by atoms with Gasteiger partial charge in [0.1, 0.15) is 0 Å². The molecule has 1 N–H and O–H groups in total. The van der Waals surface area contributed by atoms with E-state index in [1.165, 1.54) is 38.5 Å². The van der Waals surface area contributed by atoms with Crippen LogP contribution in [0, 0.1) is 5.92 Å². The summed E-state index contributed by atoms with van der Waals surface area (Å²) in [5, 5.41) is 3.65. The third-order valence-electron chi connectivity index (χ3n) is 5.12. The van der Waals surface area contributed by atoms with Gasteiger partial charge in [0.15, 0.2) is 0 Å². The van der Waals surface area contributed by atoms with Crippen molar-refractivity contribution >= 4 is 0 Å². The molecule has 1 unspecified atom stereocenters. The Labute approximate surface area is 105 Å². The highest BCUT2D eigenvalue weighted by atomic mass is 14.9. The largest absolute Gasteiger partial charge is 0.316 e. The van der Waals surface area contributed by atoms with E-state index >= 15 is 0 Å². The summed E-state index contributed by atoms with van der Waals surface area (Å²) in [6.45, 7) is 0. The van der Waals surface area contributed by atoms with Crippen molar-refractivity contribution in [2.75, 3.05) is 7.05 Å². The number of nitrogens with one attached hydrogen (secondary N) is 1. The molecule has 0 amide bonds. The van der Waals surface area contributed by atoms with Gasteiger partial charge in [-0.2, -0.15) is 0 Å². The quantitative estimate of drug-likeness (QED) is 0.833. The molecule has 2 saturated carbocycles. The summed E-state index contributed by atoms with van der Waals surface area (Å²) in [4.78, 5) is 0.